The second-order valence-corrected chi connectivity index (χ2v) is 4.38. The summed E-state index contributed by atoms with van der Waals surface area (Å²) in [5.41, 5.74) is 3.22. The van der Waals surface area contributed by atoms with Gasteiger partial charge in [0.2, 0.25) is 0 Å². The van der Waals surface area contributed by atoms with Crippen LogP contribution >= 0.6 is 0 Å². The van der Waals surface area contributed by atoms with Gasteiger partial charge in [-0.1, -0.05) is 11.1 Å². The quantitative estimate of drug-likeness (QED) is 0.474. The Labute approximate surface area is 85.3 Å². The van der Waals surface area contributed by atoms with E-state index in [9.17, 15) is 4.79 Å². The third-order valence-electron chi connectivity index (χ3n) is 3.53. The van der Waals surface area contributed by atoms with E-state index in [-0.39, 0.29) is 11.9 Å². The van der Waals surface area contributed by atoms with Crippen LogP contribution in [0.5, 0.6) is 0 Å². The minimum absolute atomic E-state index is 0.0119. The van der Waals surface area contributed by atoms with E-state index in [1.165, 1.54) is 32.8 Å². The maximum atomic E-state index is 11.4. The van der Waals surface area contributed by atoms with Crippen LogP contribution in [0.15, 0.2) is 11.1 Å². The number of carbonyl (C=O) groups is 1. The maximum absolute atomic E-state index is 11.4. The Balaban J connectivity index is 2.04. The summed E-state index contributed by atoms with van der Waals surface area (Å²) in [7, 11) is 1.49. The van der Waals surface area contributed by atoms with Crippen LogP contribution in [0.3, 0.4) is 0 Å². The van der Waals surface area contributed by atoms with Crippen molar-refractivity contribution in [3.63, 3.8) is 0 Å². The molecular formula is C12H18O2. The molecule has 0 aromatic heterocycles. The zero-order valence-corrected chi connectivity index (χ0v) is 8.84. The number of allylic oxidation sites excluding steroid dienone is 2. The third-order valence-corrected chi connectivity index (χ3v) is 3.53. The number of hydrogen-bond donors (Lipinski definition) is 0. The van der Waals surface area contributed by atoms with Crippen molar-refractivity contribution in [2.75, 3.05) is 7.11 Å². The minimum atomic E-state index is -0.0119. The van der Waals surface area contributed by atoms with Gasteiger partial charge in [-0.05, 0) is 44.9 Å². The highest BCUT2D eigenvalue weighted by Crippen LogP contribution is 2.38. The molecule has 0 bridgehead atoms. The highest BCUT2D eigenvalue weighted by atomic mass is 16.5. The maximum Gasteiger partial charge on any atom is 0.308 e. The average molecular weight is 194 g/mol. The molecule has 1 unspecified atom stereocenters. The van der Waals surface area contributed by atoms with E-state index in [0.29, 0.717) is 0 Å². The van der Waals surface area contributed by atoms with Crippen LogP contribution in [0.1, 0.15) is 44.9 Å². The molecule has 0 saturated heterocycles. The predicted molar refractivity (Wildman–Crippen MR) is 54.9 cm³/mol. The molecule has 0 aromatic carbocycles. The molecule has 0 amide bonds. The number of esters is 1. The van der Waals surface area contributed by atoms with Crippen LogP contribution in [0.25, 0.3) is 0 Å². The molecule has 0 fully saturated rings. The Morgan fingerprint density at radius 2 is 1.93 bits per heavy atom. The molecule has 1 atom stereocenters. The standard InChI is InChI=1S/C12H18O2/c1-14-12(13)11-7-6-9-4-2-3-5-10(9)8-11/h11H,2-8H2,1H3. The van der Waals surface area contributed by atoms with Crippen molar-refractivity contribution in [2.24, 2.45) is 5.92 Å². The summed E-state index contributed by atoms with van der Waals surface area (Å²) in [6.07, 6.45) is 8.28. The largest absolute Gasteiger partial charge is 0.469 e. The van der Waals surface area contributed by atoms with Crippen molar-refractivity contribution in [3.05, 3.63) is 11.1 Å². The molecule has 0 saturated carbocycles. The summed E-state index contributed by atoms with van der Waals surface area (Å²) in [5, 5.41) is 0. The van der Waals surface area contributed by atoms with Crippen molar-refractivity contribution in [2.45, 2.75) is 44.9 Å². The van der Waals surface area contributed by atoms with Crippen LogP contribution in [-0.4, -0.2) is 13.1 Å². The lowest BCUT2D eigenvalue weighted by Gasteiger charge is -2.28. The Kier molecular flexibility index (Phi) is 2.90. The fraction of sp³-hybridized carbons (Fsp3) is 0.750. The summed E-state index contributed by atoms with van der Waals surface area (Å²) >= 11 is 0. The molecule has 0 aliphatic heterocycles. The highest BCUT2D eigenvalue weighted by molar-refractivity contribution is 5.73. The van der Waals surface area contributed by atoms with Gasteiger partial charge in [-0.2, -0.15) is 0 Å². The number of ether oxygens (including phenoxy) is 1. The number of rotatable bonds is 1. The number of methoxy groups -OCH3 is 1. The van der Waals surface area contributed by atoms with Crippen LogP contribution in [0, 0.1) is 5.92 Å². The van der Waals surface area contributed by atoms with E-state index in [0.717, 1.165) is 19.3 Å². The molecule has 0 spiro atoms. The van der Waals surface area contributed by atoms with Gasteiger partial charge in [0.1, 0.15) is 0 Å². The van der Waals surface area contributed by atoms with Crippen LogP contribution in [0.2, 0.25) is 0 Å². The second-order valence-electron chi connectivity index (χ2n) is 4.38. The number of hydrogen-bond acceptors (Lipinski definition) is 2. The molecule has 14 heavy (non-hydrogen) atoms. The van der Waals surface area contributed by atoms with E-state index < -0.39 is 0 Å². The van der Waals surface area contributed by atoms with Gasteiger partial charge in [-0.25, -0.2) is 0 Å². The highest BCUT2D eigenvalue weighted by Gasteiger charge is 2.27. The van der Waals surface area contributed by atoms with Crippen LogP contribution in [0.4, 0.5) is 0 Å². The van der Waals surface area contributed by atoms with Crippen LogP contribution < -0.4 is 0 Å². The zero-order chi connectivity index (χ0) is 9.97. The van der Waals surface area contributed by atoms with E-state index in [2.05, 4.69) is 0 Å². The zero-order valence-electron chi connectivity index (χ0n) is 8.84. The first-order valence-electron chi connectivity index (χ1n) is 5.59. The van der Waals surface area contributed by atoms with Gasteiger partial charge in [0.25, 0.3) is 0 Å². The Hall–Kier alpha value is -0.790. The lowest BCUT2D eigenvalue weighted by molar-refractivity contribution is -0.145. The first-order chi connectivity index (χ1) is 6.81. The van der Waals surface area contributed by atoms with Crippen molar-refractivity contribution >= 4 is 5.97 Å². The molecule has 78 valence electrons. The summed E-state index contributed by atoms with van der Waals surface area (Å²) < 4.78 is 4.81. The van der Waals surface area contributed by atoms with Gasteiger partial charge in [-0.3, -0.25) is 4.79 Å². The summed E-state index contributed by atoms with van der Waals surface area (Å²) in [6, 6.07) is 0. The van der Waals surface area contributed by atoms with E-state index in [4.69, 9.17) is 4.74 Å². The molecule has 0 radical (unpaired) electrons. The topological polar surface area (TPSA) is 26.3 Å². The van der Waals surface area contributed by atoms with Gasteiger partial charge < -0.3 is 4.74 Å². The smallest absolute Gasteiger partial charge is 0.308 e. The summed E-state index contributed by atoms with van der Waals surface area (Å²) in [6.45, 7) is 0. The fourth-order valence-electron chi connectivity index (χ4n) is 2.69. The van der Waals surface area contributed by atoms with Crippen molar-refractivity contribution < 1.29 is 9.53 Å². The monoisotopic (exact) mass is 194 g/mol. The van der Waals surface area contributed by atoms with E-state index >= 15 is 0 Å². The molecule has 2 aliphatic rings. The van der Waals surface area contributed by atoms with Crippen molar-refractivity contribution in [3.8, 4) is 0 Å². The Morgan fingerprint density at radius 3 is 2.64 bits per heavy atom. The first-order valence-corrected chi connectivity index (χ1v) is 5.59. The van der Waals surface area contributed by atoms with Crippen LogP contribution in [-0.2, 0) is 9.53 Å². The Morgan fingerprint density at radius 1 is 1.21 bits per heavy atom. The average Bonchev–Trinajstić information content (AvgIpc) is 2.27. The van der Waals surface area contributed by atoms with Crippen molar-refractivity contribution in [1.29, 1.82) is 0 Å². The lowest BCUT2D eigenvalue weighted by atomic mass is 9.77. The predicted octanol–water partition coefficient (Wildman–Crippen LogP) is 2.83. The molecule has 2 rings (SSSR count). The molecule has 0 N–H and O–H groups in total. The first kappa shape index (κ1) is 9.75. The van der Waals surface area contributed by atoms with E-state index in [1.807, 2.05) is 0 Å². The third kappa shape index (κ3) is 1.84. The summed E-state index contributed by atoms with van der Waals surface area (Å²) in [5.74, 6) is 0.138. The second kappa shape index (κ2) is 4.16. The van der Waals surface area contributed by atoms with Crippen molar-refractivity contribution in [1.82, 2.24) is 0 Å². The van der Waals surface area contributed by atoms with Gasteiger partial charge in [0.05, 0.1) is 13.0 Å². The molecule has 2 aliphatic carbocycles. The Bertz CT molecular complexity index is 265. The minimum Gasteiger partial charge on any atom is -0.469 e. The molecular weight excluding hydrogens is 176 g/mol. The number of carbonyl (C=O) groups excluding carboxylic acids is 1. The SMILES string of the molecule is COC(=O)C1CCC2=C(CCCC2)C1. The van der Waals surface area contributed by atoms with Gasteiger partial charge in [-0.15, -0.1) is 0 Å². The van der Waals surface area contributed by atoms with Gasteiger partial charge in [0, 0.05) is 0 Å². The summed E-state index contributed by atoms with van der Waals surface area (Å²) in [4.78, 5) is 11.4. The lowest BCUT2D eigenvalue weighted by Crippen LogP contribution is -2.22. The molecule has 0 heterocycles. The van der Waals surface area contributed by atoms with Gasteiger partial charge in [0.15, 0.2) is 0 Å². The molecule has 2 heteroatoms. The molecule has 0 aromatic rings. The molecule has 2 nitrogen and oxygen atoms in total. The van der Waals surface area contributed by atoms with Gasteiger partial charge >= 0.3 is 5.97 Å². The normalized spacial score (nSPS) is 27.1. The fourth-order valence-corrected chi connectivity index (χ4v) is 2.69. The van der Waals surface area contributed by atoms with E-state index in [1.54, 1.807) is 11.1 Å².